The first kappa shape index (κ1) is 15.3. The summed E-state index contributed by atoms with van der Waals surface area (Å²) in [6, 6.07) is 4.04. The SMILES string of the molecule is CCCN1CCOCC1c1cc(C)ccc1C(F)(F)F. The van der Waals surface area contributed by atoms with Crippen molar-refractivity contribution >= 4 is 0 Å². The Labute approximate surface area is 117 Å². The van der Waals surface area contributed by atoms with Gasteiger partial charge in [-0.15, -0.1) is 0 Å². The average Bonchev–Trinajstić information content (AvgIpc) is 2.38. The first-order valence-electron chi connectivity index (χ1n) is 6.93. The first-order valence-corrected chi connectivity index (χ1v) is 6.93. The van der Waals surface area contributed by atoms with Gasteiger partial charge >= 0.3 is 6.18 Å². The van der Waals surface area contributed by atoms with Gasteiger partial charge in [-0.05, 0) is 31.5 Å². The number of hydrogen-bond acceptors (Lipinski definition) is 2. The maximum Gasteiger partial charge on any atom is 0.416 e. The third-order valence-corrected chi connectivity index (χ3v) is 3.62. The van der Waals surface area contributed by atoms with E-state index in [1.54, 1.807) is 6.07 Å². The molecule has 1 aromatic carbocycles. The molecule has 0 aromatic heterocycles. The molecule has 0 spiro atoms. The molecule has 2 rings (SSSR count). The van der Waals surface area contributed by atoms with Crippen molar-refractivity contribution in [2.24, 2.45) is 0 Å². The molecule has 20 heavy (non-hydrogen) atoms. The van der Waals surface area contributed by atoms with E-state index < -0.39 is 11.7 Å². The van der Waals surface area contributed by atoms with Crippen molar-refractivity contribution in [3.05, 3.63) is 34.9 Å². The van der Waals surface area contributed by atoms with Crippen molar-refractivity contribution in [3.8, 4) is 0 Å². The van der Waals surface area contributed by atoms with E-state index in [4.69, 9.17) is 4.74 Å². The number of hydrogen-bond donors (Lipinski definition) is 0. The molecule has 0 radical (unpaired) electrons. The smallest absolute Gasteiger partial charge is 0.378 e. The Kier molecular flexibility index (Phi) is 4.70. The maximum absolute atomic E-state index is 13.2. The largest absolute Gasteiger partial charge is 0.416 e. The zero-order chi connectivity index (χ0) is 14.8. The van der Waals surface area contributed by atoms with E-state index in [-0.39, 0.29) is 6.04 Å². The van der Waals surface area contributed by atoms with Crippen molar-refractivity contribution in [3.63, 3.8) is 0 Å². The highest BCUT2D eigenvalue weighted by Crippen LogP contribution is 2.37. The van der Waals surface area contributed by atoms with Crippen LogP contribution >= 0.6 is 0 Å². The Balaban J connectivity index is 2.40. The number of nitrogens with zero attached hydrogens (tertiary/aromatic N) is 1. The van der Waals surface area contributed by atoms with Gasteiger partial charge in [-0.1, -0.05) is 24.6 Å². The number of halogens is 3. The van der Waals surface area contributed by atoms with Gasteiger partial charge in [0.15, 0.2) is 0 Å². The number of aryl methyl sites for hydroxylation is 1. The monoisotopic (exact) mass is 287 g/mol. The summed E-state index contributed by atoms with van der Waals surface area (Å²) in [5.74, 6) is 0. The lowest BCUT2D eigenvalue weighted by Gasteiger charge is -2.37. The van der Waals surface area contributed by atoms with E-state index in [2.05, 4.69) is 4.90 Å². The Morgan fingerprint density at radius 2 is 2.10 bits per heavy atom. The summed E-state index contributed by atoms with van der Waals surface area (Å²) in [7, 11) is 0. The summed E-state index contributed by atoms with van der Waals surface area (Å²) >= 11 is 0. The third kappa shape index (κ3) is 3.33. The number of morpholine rings is 1. The van der Waals surface area contributed by atoms with Gasteiger partial charge in [0.25, 0.3) is 0 Å². The van der Waals surface area contributed by atoms with Gasteiger partial charge in [-0.3, -0.25) is 4.90 Å². The van der Waals surface area contributed by atoms with E-state index in [1.807, 2.05) is 13.8 Å². The molecule has 0 aliphatic carbocycles. The number of alkyl halides is 3. The van der Waals surface area contributed by atoms with Crippen LogP contribution in [0.5, 0.6) is 0 Å². The standard InChI is InChI=1S/C15H20F3NO/c1-3-6-19-7-8-20-10-14(19)12-9-11(2)4-5-13(12)15(16,17)18/h4-5,9,14H,3,6-8,10H2,1-2H3. The second-order valence-electron chi connectivity index (χ2n) is 5.22. The molecule has 1 atom stereocenters. The van der Waals surface area contributed by atoms with Crippen molar-refractivity contribution < 1.29 is 17.9 Å². The van der Waals surface area contributed by atoms with Crippen molar-refractivity contribution in [1.29, 1.82) is 0 Å². The second-order valence-corrected chi connectivity index (χ2v) is 5.22. The lowest BCUT2D eigenvalue weighted by atomic mass is 9.96. The molecular weight excluding hydrogens is 267 g/mol. The molecule has 1 fully saturated rings. The molecule has 1 saturated heterocycles. The fraction of sp³-hybridized carbons (Fsp3) is 0.600. The van der Waals surface area contributed by atoms with Crippen LogP contribution in [-0.4, -0.2) is 31.2 Å². The maximum atomic E-state index is 13.2. The van der Waals surface area contributed by atoms with Gasteiger partial charge in [0, 0.05) is 6.54 Å². The van der Waals surface area contributed by atoms with E-state index in [9.17, 15) is 13.2 Å². The summed E-state index contributed by atoms with van der Waals surface area (Å²) < 4.78 is 45.0. The van der Waals surface area contributed by atoms with Gasteiger partial charge < -0.3 is 4.74 Å². The molecule has 0 amide bonds. The van der Waals surface area contributed by atoms with Gasteiger partial charge in [0.1, 0.15) is 0 Å². The van der Waals surface area contributed by atoms with Crippen LogP contribution in [0.1, 0.15) is 36.1 Å². The molecule has 1 aliphatic heterocycles. The zero-order valence-electron chi connectivity index (χ0n) is 11.8. The predicted octanol–water partition coefficient (Wildman–Crippen LogP) is 3.80. The highest BCUT2D eigenvalue weighted by molar-refractivity contribution is 5.36. The number of ether oxygens (including phenoxy) is 1. The molecule has 1 aliphatic rings. The Bertz CT molecular complexity index is 457. The number of benzene rings is 1. The quantitative estimate of drug-likeness (QED) is 0.838. The summed E-state index contributed by atoms with van der Waals surface area (Å²) in [6.45, 7) is 6.24. The molecule has 1 heterocycles. The van der Waals surface area contributed by atoms with E-state index in [0.717, 1.165) is 18.5 Å². The van der Waals surface area contributed by atoms with Crippen LogP contribution in [0.15, 0.2) is 18.2 Å². The van der Waals surface area contributed by atoms with Crippen molar-refractivity contribution in [2.45, 2.75) is 32.5 Å². The van der Waals surface area contributed by atoms with Gasteiger partial charge in [-0.2, -0.15) is 13.2 Å². The Morgan fingerprint density at radius 3 is 2.75 bits per heavy atom. The molecule has 0 N–H and O–H groups in total. The van der Waals surface area contributed by atoms with Crippen LogP contribution in [0.25, 0.3) is 0 Å². The molecule has 112 valence electrons. The minimum Gasteiger partial charge on any atom is -0.378 e. The highest BCUT2D eigenvalue weighted by Gasteiger charge is 2.37. The van der Waals surface area contributed by atoms with Crippen LogP contribution in [0.2, 0.25) is 0 Å². The normalized spacial score (nSPS) is 21.1. The van der Waals surface area contributed by atoms with Crippen LogP contribution in [-0.2, 0) is 10.9 Å². The molecule has 0 bridgehead atoms. The Hall–Kier alpha value is -1.07. The Morgan fingerprint density at radius 1 is 1.35 bits per heavy atom. The van der Waals surface area contributed by atoms with E-state index in [0.29, 0.717) is 25.3 Å². The molecule has 1 aromatic rings. The van der Waals surface area contributed by atoms with E-state index in [1.165, 1.54) is 12.1 Å². The van der Waals surface area contributed by atoms with Crippen LogP contribution in [0.3, 0.4) is 0 Å². The lowest BCUT2D eigenvalue weighted by molar-refractivity contribution is -0.139. The summed E-state index contributed by atoms with van der Waals surface area (Å²) in [6.07, 6.45) is -3.40. The minimum atomic E-state index is -4.32. The molecule has 0 saturated carbocycles. The predicted molar refractivity (Wildman–Crippen MR) is 71.6 cm³/mol. The molecular formula is C15H20F3NO. The van der Waals surface area contributed by atoms with Crippen LogP contribution in [0.4, 0.5) is 13.2 Å². The van der Waals surface area contributed by atoms with Gasteiger partial charge in [0.05, 0.1) is 24.8 Å². The molecule has 2 nitrogen and oxygen atoms in total. The van der Waals surface area contributed by atoms with Gasteiger partial charge in [-0.25, -0.2) is 0 Å². The van der Waals surface area contributed by atoms with Gasteiger partial charge in [0.2, 0.25) is 0 Å². The van der Waals surface area contributed by atoms with Crippen LogP contribution < -0.4 is 0 Å². The fourth-order valence-corrected chi connectivity index (χ4v) is 2.70. The summed E-state index contributed by atoms with van der Waals surface area (Å²) in [5.41, 5.74) is 0.639. The summed E-state index contributed by atoms with van der Waals surface area (Å²) in [4.78, 5) is 2.09. The zero-order valence-corrected chi connectivity index (χ0v) is 11.8. The summed E-state index contributed by atoms with van der Waals surface area (Å²) in [5, 5.41) is 0. The topological polar surface area (TPSA) is 12.5 Å². The lowest BCUT2D eigenvalue weighted by Crippen LogP contribution is -2.40. The minimum absolute atomic E-state index is 0.305. The molecule has 5 heteroatoms. The first-order chi connectivity index (χ1) is 9.43. The van der Waals surface area contributed by atoms with Crippen molar-refractivity contribution in [1.82, 2.24) is 4.90 Å². The third-order valence-electron chi connectivity index (χ3n) is 3.62. The highest BCUT2D eigenvalue weighted by atomic mass is 19.4. The van der Waals surface area contributed by atoms with Crippen LogP contribution in [0, 0.1) is 6.92 Å². The average molecular weight is 287 g/mol. The number of rotatable bonds is 3. The fourth-order valence-electron chi connectivity index (χ4n) is 2.70. The second kappa shape index (κ2) is 6.14. The molecule has 1 unspecified atom stereocenters. The van der Waals surface area contributed by atoms with Crippen molar-refractivity contribution in [2.75, 3.05) is 26.3 Å². The van der Waals surface area contributed by atoms with E-state index >= 15 is 0 Å².